The summed E-state index contributed by atoms with van der Waals surface area (Å²) in [6.45, 7) is 1.26. The summed E-state index contributed by atoms with van der Waals surface area (Å²) in [6, 6.07) is 6.76. The molecular formula is C18H13F3N2O3. The molecule has 3 rings (SSSR count). The van der Waals surface area contributed by atoms with Gasteiger partial charge in [0.25, 0.3) is 0 Å². The van der Waals surface area contributed by atoms with E-state index in [9.17, 15) is 27.9 Å². The van der Waals surface area contributed by atoms with Gasteiger partial charge >= 0.3 is 12.1 Å². The van der Waals surface area contributed by atoms with Gasteiger partial charge in [0.05, 0.1) is 17.7 Å². The monoisotopic (exact) mass is 362 g/mol. The molecular weight excluding hydrogens is 349 g/mol. The number of alkyl halides is 3. The molecule has 0 radical (unpaired) electrons. The minimum atomic E-state index is -4.58. The largest absolute Gasteiger partial charge is 0.481 e. The highest BCUT2D eigenvalue weighted by Crippen LogP contribution is 2.37. The predicted molar refractivity (Wildman–Crippen MR) is 87.0 cm³/mol. The first-order chi connectivity index (χ1) is 12.2. The van der Waals surface area contributed by atoms with Crippen LogP contribution in [-0.4, -0.2) is 26.8 Å². The van der Waals surface area contributed by atoms with Crippen molar-refractivity contribution in [1.29, 1.82) is 0 Å². The number of carbonyl (C=O) groups excluding carboxylic acids is 1. The van der Waals surface area contributed by atoms with E-state index in [-0.39, 0.29) is 33.4 Å². The minimum Gasteiger partial charge on any atom is -0.481 e. The Hall–Kier alpha value is -3.16. The van der Waals surface area contributed by atoms with Crippen LogP contribution < -0.4 is 0 Å². The second-order valence-corrected chi connectivity index (χ2v) is 5.75. The molecule has 5 nitrogen and oxygen atoms in total. The molecule has 0 saturated heterocycles. The smallest absolute Gasteiger partial charge is 0.416 e. The maximum absolute atomic E-state index is 13.2. The summed E-state index contributed by atoms with van der Waals surface area (Å²) in [4.78, 5) is 30.6. The first-order valence-corrected chi connectivity index (χ1v) is 7.59. The van der Waals surface area contributed by atoms with Gasteiger partial charge in [-0.2, -0.15) is 13.2 Å². The van der Waals surface area contributed by atoms with Crippen molar-refractivity contribution in [3.63, 3.8) is 0 Å². The van der Waals surface area contributed by atoms with Crippen LogP contribution in [-0.2, 0) is 17.4 Å². The number of H-pyrrole nitrogens is 1. The van der Waals surface area contributed by atoms with Gasteiger partial charge in [-0.15, -0.1) is 0 Å². The van der Waals surface area contributed by atoms with Crippen molar-refractivity contribution in [3.05, 3.63) is 64.6 Å². The maximum Gasteiger partial charge on any atom is 0.416 e. The standard InChI is InChI=1S/C18H13F3N2O3/c1-9-11(18(19,20)21)5-6-12-15(9)10(8-14(24)25)16(23-12)17(26)13-4-2-3-7-22-13/h2-7,23H,8H2,1H3,(H,24,25). The molecule has 2 heterocycles. The Bertz CT molecular complexity index is 1010. The van der Waals surface area contributed by atoms with E-state index in [1.165, 1.54) is 25.3 Å². The van der Waals surface area contributed by atoms with Crippen LogP contribution >= 0.6 is 0 Å². The highest BCUT2D eigenvalue weighted by atomic mass is 19.4. The quantitative estimate of drug-likeness (QED) is 0.693. The van der Waals surface area contributed by atoms with Crippen LogP contribution in [0.15, 0.2) is 36.5 Å². The zero-order valence-corrected chi connectivity index (χ0v) is 13.5. The number of aliphatic carboxylic acids is 1. The number of hydrogen-bond acceptors (Lipinski definition) is 3. The number of ketones is 1. The van der Waals surface area contributed by atoms with Gasteiger partial charge < -0.3 is 10.1 Å². The van der Waals surface area contributed by atoms with Crippen molar-refractivity contribution < 1.29 is 27.9 Å². The van der Waals surface area contributed by atoms with E-state index in [1.807, 2.05) is 0 Å². The third kappa shape index (κ3) is 3.05. The number of fused-ring (bicyclic) bond motifs is 1. The number of aryl methyl sites for hydroxylation is 1. The molecule has 0 atom stereocenters. The number of carboxylic acid groups (broad SMARTS) is 1. The number of halogens is 3. The number of carbonyl (C=O) groups is 2. The van der Waals surface area contributed by atoms with Gasteiger partial charge in [-0.1, -0.05) is 6.07 Å². The molecule has 134 valence electrons. The Kier molecular flexibility index (Phi) is 4.27. The fourth-order valence-corrected chi connectivity index (χ4v) is 2.99. The summed E-state index contributed by atoms with van der Waals surface area (Å²) in [5, 5.41) is 9.28. The predicted octanol–water partition coefficient (Wildman–Crippen LogP) is 3.75. The molecule has 0 fully saturated rings. The minimum absolute atomic E-state index is 0.0201. The highest BCUT2D eigenvalue weighted by molar-refractivity contribution is 6.12. The van der Waals surface area contributed by atoms with Crippen molar-refractivity contribution in [2.45, 2.75) is 19.5 Å². The molecule has 0 aliphatic carbocycles. The molecule has 3 aromatic rings. The molecule has 8 heteroatoms. The lowest BCUT2D eigenvalue weighted by Crippen LogP contribution is -2.11. The Morgan fingerprint density at radius 1 is 1.19 bits per heavy atom. The normalized spacial score (nSPS) is 11.7. The van der Waals surface area contributed by atoms with Gasteiger partial charge in [0.2, 0.25) is 5.78 Å². The van der Waals surface area contributed by atoms with Crippen molar-refractivity contribution >= 4 is 22.7 Å². The van der Waals surface area contributed by atoms with Gasteiger partial charge in [-0.05, 0) is 36.8 Å². The fourth-order valence-electron chi connectivity index (χ4n) is 2.99. The van der Waals surface area contributed by atoms with Gasteiger partial charge in [-0.25, -0.2) is 0 Å². The van der Waals surface area contributed by atoms with Crippen LogP contribution in [0.25, 0.3) is 10.9 Å². The Morgan fingerprint density at radius 3 is 2.50 bits per heavy atom. The van der Waals surface area contributed by atoms with E-state index in [2.05, 4.69) is 9.97 Å². The van der Waals surface area contributed by atoms with E-state index in [1.54, 1.807) is 12.1 Å². The Morgan fingerprint density at radius 2 is 1.92 bits per heavy atom. The maximum atomic E-state index is 13.2. The molecule has 0 unspecified atom stereocenters. The molecule has 0 spiro atoms. The molecule has 0 amide bonds. The van der Waals surface area contributed by atoms with Crippen LogP contribution in [0.5, 0.6) is 0 Å². The topological polar surface area (TPSA) is 83.0 Å². The number of nitrogens with one attached hydrogen (secondary N) is 1. The van der Waals surface area contributed by atoms with Crippen LogP contribution in [0.1, 0.15) is 32.9 Å². The molecule has 0 aliphatic heterocycles. The number of rotatable bonds is 4. The molecule has 2 N–H and O–H groups in total. The van der Waals surface area contributed by atoms with Crippen molar-refractivity contribution in [3.8, 4) is 0 Å². The summed E-state index contributed by atoms with van der Waals surface area (Å²) in [7, 11) is 0. The van der Waals surface area contributed by atoms with Gasteiger partial charge in [0.1, 0.15) is 5.69 Å². The van der Waals surface area contributed by atoms with Crippen molar-refractivity contribution in [1.82, 2.24) is 9.97 Å². The Balaban J connectivity index is 2.28. The zero-order valence-electron chi connectivity index (χ0n) is 13.5. The first-order valence-electron chi connectivity index (χ1n) is 7.59. The molecule has 26 heavy (non-hydrogen) atoms. The lowest BCUT2D eigenvalue weighted by Gasteiger charge is -2.11. The number of aromatic amines is 1. The van der Waals surface area contributed by atoms with E-state index < -0.39 is 29.9 Å². The zero-order chi connectivity index (χ0) is 19.1. The van der Waals surface area contributed by atoms with Crippen LogP contribution in [0.3, 0.4) is 0 Å². The van der Waals surface area contributed by atoms with Crippen molar-refractivity contribution in [2.24, 2.45) is 0 Å². The summed E-state index contributed by atoms with van der Waals surface area (Å²) in [5.74, 6) is -1.83. The van der Waals surface area contributed by atoms with E-state index >= 15 is 0 Å². The number of nitrogens with zero attached hydrogens (tertiary/aromatic N) is 1. The molecule has 1 aromatic carbocycles. The van der Waals surface area contributed by atoms with Crippen LogP contribution in [0.4, 0.5) is 13.2 Å². The summed E-state index contributed by atoms with van der Waals surface area (Å²) in [6.07, 6.45) is -3.77. The number of aromatic nitrogens is 2. The number of carboxylic acids is 1. The third-order valence-electron chi connectivity index (χ3n) is 4.09. The second-order valence-electron chi connectivity index (χ2n) is 5.75. The molecule has 0 saturated carbocycles. The SMILES string of the molecule is Cc1c(C(F)(F)F)ccc2[nH]c(C(=O)c3ccccn3)c(CC(=O)O)c12. The summed E-state index contributed by atoms with van der Waals surface area (Å²) >= 11 is 0. The lowest BCUT2D eigenvalue weighted by molar-refractivity contribution is -0.138. The van der Waals surface area contributed by atoms with E-state index in [0.717, 1.165) is 6.07 Å². The number of hydrogen-bond donors (Lipinski definition) is 2. The van der Waals surface area contributed by atoms with E-state index in [0.29, 0.717) is 0 Å². The first kappa shape index (κ1) is 17.7. The van der Waals surface area contributed by atoms with Crippen LogP contribution in [0, 0.1) is 6.92 Å². The fraction of sp³-hybridized carbons (Fsp3) is 0.167. The highest BCUT2D eigenvalue weighted by Gasteiger charge is 2.34. The Labute approximate surface area is 145 Å². The third-order valence-corrected chi connectivity index (χ3v) is 4.09. The van der Waals surface area contributed by atoms with Crippen molar-refractivity contribution in [2.75, 3.05) is 0 Å². The number of benzene rings is 1. The average Bonchev–Trinajstić information content (AvgIpc) is 2.93. The van der Waals surface area contributed by atoms with Crippen LogP contribution in [0.2, 0.25) is 0 Å². The second kappa shape index (κ2) is 6.29. The molecule has 0 aliphatic rings. The molecule has 0 bridgehead atoms. The van der Waals surface area contributed by atoms with E-state index in [4.69, 9.17) is 0 Å². The van der Waals surface area contributed by atoms with Gasteiger partial charge in [0, 0.05) is 22.7 Å². The summed E-state index contributed by atoms with van der Waals surface area (Å²) < 4.78 is 39.6. The molecule has 2 aromatic heterocycles. The lowest BCUT2D eigenvalue weighted by atomic mass is 9.97. The number of pyridine rings is 1. The van der Waals surface area contributed by atoms with Gasteiger partial charge in [0.15, 0.2) is 0 Å². The average molecular weight is 362 g/mol. The van der Waals surface area contributed by atoms with Gasteiger partial charge in [-0.3, -0.25) is 14.6 Å². The summed E-state index contributed by atoms with van der Waals surface area (Å²) in [5.41, 5.74) is -0.698.